The maximum atomic E-state index is 8.15. The van der Waals surface area contributed by atoms with Gasteiger partial charge in [0.15, 0.2) is 0 Å². The van der Waals surface area contributed by atoms with Crippen LogP contribution in [0.4, 0.5) is 5.69 Å². The molecule has 2 rings (SSSR count). The molecule has 2 nitrogen and oxygen atoms in total. The molecule has 0 radical (unpaired) electrons. The van der Waals surface area contributed by atoms with Gasteiger partial charge in [-0.3, -0.25) is 5.41 Å². The molecular weight excluding hydrogens is 208 g/mol. The zero-order valence-electron chi connectivity index (χ0n) is 10.1. The molecule has 0 fully saturated rings. The molecule has 2 aromatic rings. The minimum atomic E-state index is 0.509. The normalized spacial score (nSPS) is 10.0. The lowest BCUT2D eigenvalue weighted by Gasteiger charge is -2.20. The van der Waals surface area contributed by atoms with Crippen molar-refractivity contribution in [2.75, 3.05) is 11.9 Å². The Morgan fingerprint density at radius 3 is 2.12 bits per heavy atom. The van der Waals surface area contributed by atoms with Gasteiger partial charge in [0.1, 0.15) is 5.84 Å². The first-order valence-corrected chi connectivity index (χ1v) is 5.63. The molecule has 2 aromatic carbocycles. The standard InChI is InChI=1S/C15H16N2/c1-12-8-10-14(11-9-12)17(2)15(16)13-6-4-3-5-7-13/h3-11,16H,1-2H3. The van der Waals surface area contributed by atoms with Crippen LogP contribution in [0.15, 0.2) is 54.6 Å². The van der Waals surface area contributed by atoms with Crippen molar-refractivity contribution in [2.45, 2.75) is 6.92 Å². The Labute approximate surface area is 102 Å². The van der Waals surface area contributed by atoms with Crippen molar-refractivity contribution >= 4 is 11.5 Å². The summed E-state index contributed by atoms with van der Waals surface area (Å²) < 4.78 is 0. The third-order valence-electron chi connectivity index (χ3n) is 2.80. The summed E-state index contributed by atoms with van der Waals surface area (Å²) in [6.45, 7) is 2.06. The molecule has 86 valence electrons. The lowest BCUT2D eigenvalue weighted by molar-refractivity contribution is 1.22. The Bertz CT molecular complexity index is 500. The van der Waals surface area contributed by atoms with Gasteiger partial charge < -0.3 is 4.90 Å². The largest absolute Gasteiger partial charge is 0.329 e. The van der Waals surface area contributed by atoms with E-state index in [2.05, 4.69) is 19.1 Å². The van der Waals surface area contributed by atoms with Gasteiger partial charge in [-0.1, -0.05) is 48.0 Å². The molecule has 0 atom stereocenters. The predicted octanol–water partition coefficient (Wildman–Crippen LogP) is 3.46. The molecule has 0 bridgehead atoms. The molecule has 0 aliphatic heterocycles. The van der Waals surface area contributed by atoms with Crippen LogP contribution in [-0.4, -0.2) is 12.9 Å². The predicted molar refractivity (Wildman–Crippen MR) is 72.9 cm³/mol. The smallest absolute Gasteiger partial charge is 0.132 e. The van der Waals surface area contributed by atoms with Gasteiger partial charge in [0, 0.05) is 18.3 Å². The zero-order valence-corrected chi connectivity index (χ0v) is 10.1. The second-order valence-corrected chi connectivity index (χ2v) is 4.11. The maximum Gasteiger partial charge on any atom is 0.132 e. The highest BCUT2D eigenvalue weighted by atomic mass is 15.1. The van der Waals surface area contributed by atoms with Crippen molar-refractivity contribution in [3.8, 4) is 0 Å². The third kappa shape index (κ3) is 2.53. The number of benzene rings is 2. The van der Waals surface area contributed by atoms with Crippen molar-refractivity contribution in [3.05, 3.63) is 65.7 Å². The topological polar surface area (TPSA) is 27.1 Å². The van der Waals surface area contributed by atoms with E-state index in [1.54, 1.807) is 0 Å². The number of hydrogen-bond acceptors (Lipinski definition) is 1. The first-order valence-electron chi connectivity index (χ1n) is 5.63. The summed E-state index contributed by atoms with van der Waals surface area (Å²) in [5.41, 5.74) is 3.19. The monoisotopic (exact) mass is 224 g/mol. The van der Waals surface area contributed by atoms with Crippen molar-refractivity contribution in [2.24, 2.45) is 0 Å². The van der Waals surface area contributed by atoms with Crippen molar-refractivity contribution < 1.29 is 0 Å². The Balaban J connectivity index is 2.23. The van der Waals surface area contributed by atoms with Gasteiger partial charge >= 0.3 is 0 Å². The number of aryl methyl sites for hydroxylation is 1. The van der Waals surface area contributed by atoms with Crippen LogP contribution >= 0.6 is 0 Å². The van der Waals surface area contributed by atoms with Gasteiger partial charge in [0.25, 0.3) is 0 Å². The van der Waals surface area contributed by atoms with Crippen molar-refractivity contribution in [1.29, 1.82) is 5.41 Å². The molecule has 0 unspecified atom stereocenters. The van der Waals surface area contributed by atoms with E-state index in [0.29, 0.717) is 5.84 Å². The van der Waals surface area contributed by atoms with Gasteiger partial charge in [-0.05, 0) is 19.1 Å². The summed E-state index contributed by atoms with van der Waals surface area (Å²) in [4.78, 5) is 1.88. The van der Waals surface area contributed by atoms with E-state index in [1.165, 1.54) is 5.56 Å². The van der Waals surface area contributed by atoms with Crippen LogP contribution in [0.3, 0.4) is 0 Å². The number of rotatable bonds is 2. The first kappa shape index (κ1) is 11.4. The average Bonchev–Trinajstić information content (AvgIpc) is 2.39. The fourth-order valence-corrected chi connectivity index (χ4v) is 1.69. The molecule has 0 aliphatic rings. The van der Waals surface area contributed by atoms with Crippen LogP contribution in [0.5, 0.6) is 0 Å². The molecule has 17 heavy (non-hydrogen) atoms. The molecule has 0 amide bonds. The molecular formula is C15H16N2. The molecule has 0 heterocycles. The van der Waals surface area contributed by atoms with E-state index in [4.69, 9.17) is 5.41 Å². The SMILES string of the molecule is Cc1ccc(N(C)C(=N)c2ccccc2)cc1. The number of nitrogens with one attached hydrogen (secondary N) is 1. The van der Waals surface area contributed by atoms with Gasteiger partial charge in [-0.15, -0.1) is 0 Å². The van der Waals surface area contributed by atoms with E-state index in [1.807, 2.05) is 54.4 Å². The van der Waals surface area contributed by atoms with Crippen LogP contribution < -0.4 is 4.90 Å². The Hall–Kier alpha value is -2.09. The molecule has 0 saturated carbocycles. The Morgan fingerprint density at radius 2 is 1.53 bits per heavy atom. The number of hydrogen-bond donors (Lipinski definition) is 1. The fraction of sp³-hybridized carbons (Fsp3) is 0.133. The molecule has 0 saturated heterocycles. The van der Waals surface area contributed by atoms with E-state index < -0.39 is 0 Å². The minimum Gasteiger partial charge on any atom is -0.329 e. The lowest BCUT2D eigenvalue weighted by Crippen LogP contribution is -2.26. The van der Waals surface area contributed by atoms with Gasteiger partial charge in [0.05, 0.1) is 0 Å². The summed E-state index contributed by atoms with van der Waals surface area (Å²) >= 11 is 0. The minimum absolute atomic E-state index is 0.509. The van der Waals surface area contributed by atoms with Gasteiger partial charge in [0.2, 0.25) is 0 Å². The van der Waals surface area contributed by atoms with Crippen LogP contribution in [0, 0.1) is 12.3 Å². The summed E-state index contributed by atoms with van der Waals surface area (Å²) in [7, 11) is 1.92. The van der Waals surface area contributed by atoms with E-state index in [9.17, 15) is 0 Å². The fourth-order valence-electron chi connectivity index (χ4n) is 1.69. The molecule has 1 N–H and O–H groups in total. The van der Waals surface area contributed by atoms with Crippen molar-refractivity contribution in [1.82, 2.24) is 0 Å². The molecule has 0 aromatic heterocycles. The third-order valence-corrected chi connectivity index (χ3v) is 2.80. The Morgan fingerprint density at radius 1 is 0.941 bits per heavy atom. The quantitative estimate of drug-likeness (QED) is 0.614. The van der Waals surface area contributed by atoms with Crippen LogP contribution in [0.1, 0.15) is 11.1 Å². The van der Waals surface area contributed by atoms with Crippen molar-refractivity contribution in [3.63, 3.8) is 0 Å². The summed E-state index contributed by atoms with van der Waals surface area (Å²) in [5, 5.41) is 8.15. The van der Waals surface area contributed by atoms with Gasteiger partial charge in [-0.25, -0.2) is 0 Å². The molecule has 2 heteroatoms. The van der Waals surface area contributed by atoms with Crippen LogP contribution in [0.25, 0.3) is 0 Å². The summed E-state index contributed by atoms with van der Waals surface area (Å²) in [5.74, 6) is 0.509. The summed E-state index contributed by atoms with van der Waals surface area (Å²) in [6, 6.07) is 18.0. The average molecular weight is 224 g/mol. The molecule has 0 aliphatic carbocycles. The highest BCUT2D eigenvalue weighted by Crippen LogP contribution is 2.16. The second kappa shape index (κ2) is 4.83. The highest BCUT2D eigenvalue weighted by Gasteiger charge is 2.08. The highest BCUT2D eigenvalue weighted by molar-refractivity contribution is 6.07. The van der Waals surface area contributed by atoms with E-state index in [-0.39, 0.29) is 0 Å². The number of nitrogens with zero attached hydrogens (tertiary/aromatic N) is 1. The van der Waals surface area contributed by atoms with Crippen LogP contribution in [0.2, 0.25) is 0 Å². The maximum absolute atomic E-state index is 8.15. The number of amidine groups is 1. The molecule has 0 spiro atoms. The van der Waals surface area contributed by atoms with Crippen LogP contribution in [-0.2, 0) is 0 Å². The number of anilines is 1. The van der Waals surface area contributed by atoms with E-state index >= 15 is 0 Å². The first-order chi connectivity index (χ1) is 8.18. The summed E-state index contributed by atoms with van der Waals surface area (Å²) in [6.07, 6.45) is 0. The van der Waals surface area contributed by atoms with E-state index in [0.717, 1.165) is 11.3 Å². The zero-order chi connectivity index (χ0) is 12.3. The van der Waals surface area contributed by atoms with Gasteiger partial charge in [-0.2, -0.15) is 0 Å². The second-order valence-electron chi connectivity index (χ2n) is 4.11. The Kier molecular flexibility index (Phi) is 3.24. The lowest BCUT2D eigenvalue weighted by atomic mass is 10.1.